The first kappa shape index (κ1) is 13.3. The molecule has 16 heavy (non-hydrogen) atoms. The fraction of sp³-hybridized carbons (Fsp3) is 0.909. The van der Waals surface area contributed by atoms with Crippen LogP contribution in [0, 0.1) is 5.92 Å². The lowest BCUT2D eigenvalue weighted by molar-refractivity contribution is 0.185. The lowest BCUT2D eigenvalue weighted by atomic mass is 9.99. The summed E-state index contributed by atoms with van der Waals surface area (Å²) in [7, 11) is 1.67. The van der Waals surface area contributed by atoms with Crippen LogP contribution in [0.4, 0.5) is 0 Å². The molecule has 0 aromatic rings. The molecule has 1 aliphatic carbocycles. The van der Waals surface area contributed by atoms with E-state index in [2.05, 4.69) is 29.6 Å². The molecule has 94 valence electrons. The van der Waals surface area contributed by atoms with E-state index in [1.54, 1.807) is 7.11 Å². The van der Waals surface area contributed by atoms with Crippen LogP contribution in [0.15, 0.2) is 4.99 Å². The van der Waals surface area contributed by atoms with Crippen molar-refractivity contribution in [2.45, 2.75) is 45.2 Å². The molecular formula is C11H24N4O. The summed E-state index contributed by atoms with van der Waals surface area (Å²) in [4.78, 5) is 4.42. The first-order valence-electron chi connectivity index (χ1n) is 5.81. The monoisotopic (exact) mass is 228 g/mol. The lowest BCUT2D eigenvalue weighted by Gasteiger charge is -2.28. The summed E-state index contributed by atoms with van der Waals surface area (Å²) in [5.41, 5.74) is 2.67. The molecule has 1 unspecified atom stereocenters. The average Bonchev–Trinajstić information content (AvgIpc) is 2.99. The van der Waals surface area contributed by atoms with Gasteiger partial charge in [-0.3, -0.25) is 5.43 Å². The first-order valence-corrected chi connectivity index (χ1v) is 5.81. The van der Waals surface area contributed by atoms with Crippen molar-refractivity contribution >= 4 is 5.96 Å². The minimum Gasteiger partial charge on any atom is -0.382 e. The second-order valence-corrected chi connectivity index (χ2v) is 5.05. The normalized spacial score (nSPS) is 19.4. The standard InChI is InChI=1S/C11H24N4O/c1-8(7-16-4)13-10(15-12)14-11(2,3)9-5-6-9/h8-9H,5-7,12H2,1-4H3,(H2,13,14,15). The zero-order chi connectivity index (χ0) is 12.2. The number of ether oxygens (including phenoxy) is 1. The van der Waals surface area contributed by atoms with Crippen molar-refractivity contribution in [2.75, 3.05) is 13.7 Å². The van der Waals surface area contributed by atoms with Crippen LogP contribution in [0.1, 0.15) is 33.6 Å². The number of nitrogens with one attached hydrogen (secondary N) is 2. The molecular weight excluding hydrogens is 204 g/mol. The summed E-state index contributed by atoms with van der Waals surface area (Å²) in [6.45, 7) is 6.94. The van der Waals surface area contributed by atoms with Gasteiger partial charge in [-0.15, -0.1) is 0 Å². The topological polar surface area (TPSA) is 71.7 Å². The molecule has 5 heteroatoms. The van der Waals surface area contributed by atoms with Gasteiger partial charge >= 0.3 is 0 Å². The number of hydrogen-bond acceptors (Lipinski definition) is 3. The molecule has 1 rings (SSSR count). The highest BCUT2D eigenvalue weighted by atomic mass is 16.5. The van der Waals surface area contributed by atoms with Crippen molar-refractivity contribution in [3.05, 3.63) is 0 Å². The first-order chi connectivity index (χ1) is 7.49. The maximum atomic E-state index is 5.46. The van der Waals surface area contributed by atoms with Gasteiger partial charge in [0.05, 0.1) is 12.6 Å². The van der Waals surface area contributed by atoms with E-state index in [4.69, 9.17) is 10.6 Å². The SMILES string of the molecule is COCC(C)N=C(NN)NC(C)(C)C1CC1. The minimum atomic E-state index is 0.0536. The molecule has 1 saturated carbocycles. The van der Waals surface area contributed by atoms with Crippen LogP contribution in [-0.2, 0) is 4.74 Å². The number of methoxy groups -OCH3 is 1. The van der Waals surface area contributed by atoms with Crippen LogP contribution in [0.25, 0.3) is 0 Å². The summed E-state index contributed by atoms with van der Waals surface area (Å²) in [6, 6.07) is 0.0959. The molecule has 0 bridgehead atoms. The van der Waals surface area contributed by atoms with Gasteiger partial charge in [-0.2, -0.15) is 0 Å². The zero-order valence-corrected chi connectivity index (χ0v) is 10.7. The highest BCUT2D eigenvalue weighted by molar-refractivity contribution is 5.80. The van der Waals surface area contributed by atoms with Crippen LogP contribution < -0.4 is 16.6 Å². The Labute approximate surface area is 97.8 Å². The zero-order valence-electron chi connectivity index (χ0n) is 10.7. The van der Waals surface area contributed by atoms with Crippen molar-refractivity contribution in [2.24, 2.45) is 16.8 Å². The summed E-state index contributed by atoms with van der Waals surface area (Å²) >= 11 is 0. The Morgan fingerprint density at radius 1 is 1.56 bits per heavy atom. The predicted molar refractivity (Wildman–Crippen MR) is 66.0 cm³/mol. The number of rotatable bonds is 5. The Bertz CT molecular complexity index is 248. The van der Waals surface area contributed by atoms with Crippen LogP contribution in [0.5, 0.6) is 0 Å². The Morgan fingerprint density at radius 3 is 2.62 bits per heavy atom. The van der Waals surface area contributed by atoms with Crippen LogP contribution in [0.3, 0.4) is 0 Å². The molecule has 0 radical (unpaired) electrons. The van der Waals surface area contributed by atoms with E-state index in [1.807, 2.05) is 6.92 Å². The number of hydrazine groups is 1. The molecule has 0 spiro atoms. The molecule has 0 heterocycles. The summed E-state index contributed by atoms with van der Waals surface area (Å²) in [5.74, 6) is 6.83. The summed E-state index contributed by atoms with van der Waals surface area (Å²) < 4.78 is 5.04. The van der Waals surface area contributed by atoms with Crippen molar-refractivity contribution in [3.8, 4) is 0 Å². The average molecular weight is 228 g/mol. The Balaban J connectivity index is 2.53. The largest absolute Gasteiger partial charge is 0.382 e. The van der Waals surface area contributed by atoms with Gasteiger partial charge in [-0.25, -0.2) is 10.8 Å². The van der Waals surface area contributed by atoms with Gasteiger partial charge in [0, 0.05) is 12.6 Å². The van der Waals surface area contributed by atoms with Crippen molar-refractivity contribution in [3.63, 3.8) is 0 Å². The smallest absolute Gasteiger partial charge is 0.206 e. The molecule has 0 amide bonds. The van der Waals surface area contributed by atoms with Gasteiger partial charge in [-0.05, 0) is 39.5 Å². The third-order valence-electron chi connectivity index (χ3n) is 2.93. The molecule has 1 aliphatic rings. The Hall–Kier alpha value is -0.810. The quantitative estimate of drug-likeness (QED) is 0.279. The van der Waals surface area contributed by atoms with Crippen molar-refractivity contribution in [1.82, 2.24) is 10.7 Å². The fourth-order valence-corrected chi connectivity index (χ4v) is 1.82. The summed E-state index contributed by atoms with van der Waals surface area (Å²) in [6.07, 6.45) is 2.57. The van der Waals surface area contributed by atoms with Gasteiger partial charge < -0.3 is 10.1 Å². The van der Waals surface area contributed by atoms with Gasteiger partial charge in [0.25, 0.3) is 0 Å². The molecule has 0 aliphatic heterocycles. The molecule has 1 atom stereocenters. The van der Waals surface area contributed by atoms with E-state index in [9.17, 15) is 0 Å². The van der Waals surface area contributed by atoms with Crippen LogP contribution >= 0.6 is 0 Å². The maximum absolute atomic E-state index is 5.46. The highest BCUT2D eigenvalue weighted by Gasteiger charge is 2.38. The van der Waals surface area contributed by atoms with Crippen molar-refractivity contribution < 1.29 is 4.74 Å². The molecule has 0 aromatic heterocycles. The fourth-order valence-electron chi connectivity index (χ4n) is 1.82. The third kappa shape index (κ3) is 3.98. The van der Waals surface area contributed by atoms with Crippen molar-refractivity contribution in [1.29, 1.82) is 0 Å². The molecule has 5 nitrogen and oxygen atoms in total. The number of hydrogen-bond donors (Lipinski definition) is 3. The summed E-state index contributed by atoms with van der Waals surface area (Å²) in [5, 5.41) is 3.35. The highest BCUT2D eigenvalue weighted by Crippen LogP contribution is 2.39. The second kappa shape index (κ2) is 5.50. The van der Waals surface area contributed by atoms with E-state index in [-0.39, 0.29) is 11.6 Å². The number of aliphatic imine (C=N–C) groups is 1. The molecule has 4 N–H and O–H groups in total. The second-order valence-electron chi connectivity index (χ2n) is 5.05. The Kier molecular flexibility index (Phi) is 4.56. The minimum absolute atomic E-state index is 0.0536. The number of nitrogens with zero attached hydrogens (tertiary/aromatic N) is 1. The van der Waals surface area contributed by atoms with Gasteiger partial charge in [0.1, 0.15) is 0 Å². The van der Waals surface area contributed by atoms with Gasteiger partial charge in [0.2, 0.25) is 5.96 Å². The van der Waals surface area contributed by atoms with E-state index in [0.717, 1.165) is 5.92 Å². The molecule has 0 aromatic carbocycles. The van der Waals surface area contributed by atoms with Crippen LogP contribution in [0.2, 0.25) is 0 Å². The third-order valence-corrected chi connectivity index (χ3v) is 2.93. The predicted octanol–water partition coefficient (Wildman–Crippen LogP) is 0.619. The molecule has 0 saturated heterocycles. The van der Waals surface area contributed by atoms with Gasteiger partial charge in [-0.1, -0.05) is 0 Å². The lowest BCUT2D eigenvalue weighted by Crippen LogP contribution is -2.53. The van der Waals surface area contributed by atoms with E-state index >= 15 is 0 Å². The maximum Gasteiger partial charge on any atom is 0.206 e. The van der Waals surface area contributed by atoms with Gasteiger partial charge in [0.15, 0.2) is 0 Å². The van der Waals surface area contributed by atoms with E-state index in [1.165, 1.54) is 12.8 Å². The van der Waals surface area contributed by atoms with E-state index in [0.29, 0.717) is 12.6 Å². The molecule has 1 fully saturated rings. The number of nitrogens with two attached hydrogens (primary N) is 1. The van der Waals surface area contributed by atoms with Crippen LogP contribution in [-0.4, -0.2) is 31.3 Å². The Morgan fingerprint density at radius 2 is 2.19 bits per heavy atom. The number of guanidine groups is 1. The van der Waals surface area contributed by atoms with E-state index < -0.39 is 0 Å².